The van der Waals surface area contributed by atoms with Crippen LogP contribution in [0.2, 0.25) is 0 Å². The standard InChI is InChI=1S/C16H23N3S/c1-2-13(1)17-8-14-18-19-16(20-14)15-11-4-9-3-10(6-11)7-12(15)5-9/h9-13,15,17H,1-8H2. The van der Waals surface area contributed by atoms with Gasteiger partial charge in [-0.2, -0.15) is 0 Å². The molecule has 0 aromatic carbocycles. The number of rotatable bonds is 4. The van der Waals surface area contributed by atoms with E-state index in [1.807, 2.05) is 11.3 Å². The maximum Gasteiger partial charge on any atom is 0.131 e. The zero-order chi connectivity index (χ0) is 13.1. The Morgan fingerprint density at radius 3 is 2.30 bits per heavy atom. The number of hydrogen-bond acceptors (Lipinski definition) is 4. The molecule has 0 aliphatic heterocycles. The molecule has 1 aromatic heterocycles. The predicted molar refractivity (Wildman–Crippen MR) is 79.6 cm³/mol. The van der Waals surface area contributed by atoms with Gasteiger partial charge in [-0.15, -0.1) is 10.2 Å². The molecule has 3 nitrogen and oxygen atoms in total. The normalized spacial score (nSPS) is 42.3. The van der Waals surface area contributed by atoms with Gasteiger partial charge in [0.15, 0.2) is 0 Å². The Kier molecular flexibility index (Phi) is 2.73. The summed E-state index contributed by atoms with van der Waals surface area (Å²) < 4.78 is 0. The highest BCUT2D eigenvalue weighted by atomic mass is 32.1. The second-order valence-corrected chi connectivity index (χ2v) is 8.74. The molecule has 0 amide bonds. The number of hydrogen-bond donors (Lipinski definition) is 1. The van der Waals surface area contributed by atoms with Crippen LogP contribution in [-0.2, 0) is 6.54 Å². The van der Waals surface area contributed by atoms with E-state index in [2.05, 4.69) is 15.5 Å². The van der Waals surface area contributed by atoms with E-state index < -0.39 is 0 Å². The van der Waals surface area contributed by atoms with E-state index in [0.29, 0.717) is 0 Å². The van der Waals surface area contributed by atoms with Crippen LogP contribution in [0.15, 0.2) is 0 Å². The van der Waals surface area contributed by atoms with Crippen molar-refractivity contribution in [2.75, 3.05) is 0 Å². The van der Waals surface area contributed by atoms with Crippen molar-refractivity contribution < 1.29 is 0 Å². The SMILES string of the molecule is C(NC1CC1)c1nnc(C2C3CC4CC(C3)CC2C4)s1. The first-order valence-corrected chi connectivity index (χ1v) is 9.22. The summed E-state index contributed by atoms with van der Waals surface area (Å²) in [5.74, 6) is 4.73. The summed E-state index contributed by atoms with van der Waals surface area (Å²) in [4.78, 5) is 0. The van der Waals surface area contributed by atoms with Crippen LogP contribution in [0.4, 0.5) is 0 Å². The van der Waals surface area contributed by atoms with Crippen LogP contribution >= 0.6 is 11.3 Å². The molecule has 5 aliphatic carbocycles. The van der Waals surface area contributed by atoms with Gasteiger partial charge in [0.1, 0.15) is 10.0 Å². The quantitative estimate of drug-likeness (QED) is 0.924. The van der Waals surface area contributed by atoms with Gasteiger partial charge in [-0.3, -0.25) is 0 Å². The Balaban J connectivity index is 1.34. The zero-order valence-corrected chi connectivity index (χ0v) is 12.7. The zero-order valence-electron chi connectivity index (χ0n) is 11.9. The summed E-state index contributed by atoms with van der Waals surface area (Å²) in [5.41, 5.74) is 0. The van der Waals surface area contributed by atoms with Crippen molar-refractivity contribution in [2.45, 2.75) is 63.5 Å². The van der Waals surface area contributed by atoms with Gasteiger partial charge in [-0.05, 0) is 68.6 Å². The van der Waals surface area contributed by atoms with Gasteiger partial charge in [-0.1, -0.05) is 11.3 Å². The third-order valence-corrected chi connectivity index (χ3v) is 7.14. The fourth-order valence-electron chi connectivity index (χ4n) is 5.32. The first-order valence-electron chi connectivity index (χ1n) is 8.41. The largest absolute Gasteiger partial charge is 0.308 e. The van der Waals surface area contributed by atoms with E-state index in [1.165, 1.54) is 55.0 Å². The fraction of sp³-hybridized carbons (Fsp3) is 0.875. The molecule has 5 aliphatic rings. The Bertz CT molecular complexity index is 480. The smallest absolute Gasteiger partial charge is 0.131 e. The highest BCUT2D eigenvalue weighted by molar-refractivity contribution is 7.11. The minimum atomic E-state index is 0.759. The molecular formula is C16H23N3S. The lowest BCUT2D eigenvalue weighted by Gasteiger charge is -2.53. The third kappa shape index (κ3) is 2.03. The lowest BCUT2D eigenvalue weighted by Crippen LogP contribution is -2.43. The van der Waals surface area contributed by atoms with Crippen molar-refractivity contribution in [1.82, 2.24) is 15.5 Å². The highest BCUT2D eigenvalue weighted by Crippen LogP contribution is 2.59. The molecule has 4 bridgehead atoms. The van der Waals surface area contributed by atoms with Crippen LogP contribution in [0.5, 0.6) is 0 Å². The van der Waals surface area contributed by atoms with Crippen LogP contribution in [0.3, 0.4) is 0 Å². The molecule has 1 N–H and O–H groups in total. The van der Waals surface area contributed by atoms with Gasteiger partial charge in [-0.25, -0.2) is 0 Å². The molecule has 5 fully saturated rings. The molecule has 0 spiro atoms. The van der Waals surface area contributed by atoms with Gasteiger partial charge in [0.05, 0.1) is 0 Å². The lowest BCUT2D eigenvalue weighted by molar-refractivity contribution is -0.00303. The number of nitrogens with zero attached hydrogens (tertiary/aromatic N) is 2. The minimum absolute atomic E-state index is 0.759. The van der Waals surface area contributed by atoms with E-state index in [-0.39, 0.29) is 0 Å². The summed E-state index contributed by atoms with van der Waals surface area (Å²) in [6.07, 6.45) is 10.1. The van der Waals surface area contributed by atoms with Crippen LogP contribution in [-0.4, -0.2) is 16.2 Å². The van der Waals surface area contributed by atoms with Gasteiger partial charge in [0, 0.05) is 18.5 Å². The van der Waals surface area contributed by atoms with Gasteiger partial charge in [0.2, 0.25) is 0 Å². The minimum Gasteiger partial charge on any atom is -0.308 e. The lowest BCUT2D eigenvalue weighted by atomic mass is 9.52. The molecular weight excluding hydrogens is 266 g/mol. The summed E-state index contributed by atoms with van der Waals surface area (Å²) in [5, 5.41) is 15.2. The third-order valence-electron chi connectivity index (χ3n) is 6.11. The molecule has 1 aromatic rings. The Labute approximate surface area is 124 Å². The fourth-order valence-corrected chi connectivity index (χ4v) is 6.40. The van der Waals surface area contributed by atoms with Crippen LogP contribution in [0.1, 0.15) is 60.9 Å². The van der Waals surface area contributed by atoms with Crippen LogP contribution in [0.25, 0.3) is 0 Å². The van der Waals surface area contributed by atoms with Gasteiger partial charge < -0.3 is 5.32 Å². The number of aromatic nitrogens is 2. The van der Waals surface area contributed by atoms with E-state index in [9.17, 15) is 0 Å². The molecule has 0 saturated heterocycles. The van der Waals surface area contributed by atoms with E-state index in [4.69, 9.17) is 0 Å². The molecule has 5 saturated carbocycles. The molecule has 20 heavy (non-hydrogen) atoms. The Morgan fingerprint density at radius 2 is 1.65 bits per heavy atom. The van der Waals surface area contributed by atoms with Gasteiger partial charge in [0.25, 0.3) is 0 Å². The Morgan fingerprint density at radius 1 is 0.950 bits per heavy atom. The highest BCUT2D eigenvalue weighted by Gasteiger charge is 2.49. The van der Waals surface area contributed by atoms with Crippen molar-refractivity contribution in [3.63, 3.8) is 0 Å². The Hall–Kier alpha value is -0.480. The summed E-state index contributed by atoms with van der Waals surface area (Å²) in [6.45, 7) is 0.940. The second kappa shape index (κ2) is 4.51. The predicted octanol–water partition coefficient (Wildman–Crippen LogP) is 3.33. The maximum absolute atomic E-state index is 4.59. The average Bonchev–Trinajstić information content (AvgIpc) is 3.14. The summed E-state index contributed by atoms with van der Waals surface area (Å²) in [7, 11) is 0. The molecule has 6 rings (SSSR count). The van der Waals surface area contributed by atoms with Crippen molar-refractivity contribution in [1.29, 1.82) is 0 Å². The van der Waals surface area contributed by atoms with Crippen molar-refractivity contribution in [3.8, 4) is 0 Å². The van der Waals surface area contributed by atoms with Crippen molar-refractivity contribution in [2.24, 2.45) is 23.7 Å². The van der Waals surface area contributed by atoms with Crippen molar-refractivity contribution in [3.05, 3.63) is 10.0 Å². The monoisotopic (exact) mass is 289 g/mol. The number of nitrogens with one attached hydrogen (secondary N) is 1. The second-order valence-electron chi connectivity index (χ2n) is 7.65. The topological polar surface area (TPSA) is 37.8 Å². The molecule has 4 heteroatoms. The van der Waals surface area contributed by atoms with Crippen LogP contribution < -0.4 is 5.32 Å². The van der Waals surface area contributed by atoms with E-state index in [1.54, 1.807) is 0 Å². The molecule has 0 atom stereocenters. The summed E-state index contributed by atoms with van der Waals surface area (Å²) >= 11 is 1.90. The van der Waals surface area contributed by atoms with E-state index in [0.717, 1.165) is 42.2 Å². The van der Waals surface area contributed by atoms with Gasteiger partial charge >= 0.3 is 0 Å². The molecule has 1 heterocycles. The van der Waals surface area contributed by atoms with Crippen LogP contribution in [0, 0.1) is 23.7 Å². The van der Waals surface area contributed by atoms with E-state index >= 15 is 0 Å². The first kappa shape index (κ1) is 12.1. The molecule has 108 valence electrons. The average molecular weight is 289 g/mol. The molecule has 0 unspecified atom stereocenters. The first-order chi connectivity index (χ1) is 9.85. The summed E-state index contributed by atoms with van der Waals surface area (Å²) in [6, 6.07) is 0.767. The van der Waals surface area contributed by atoms with Crippen molar-refractivity contribution >= 4 is 11.3 Å². The molecule has 0 radical (unpaired) electrons. The maximum atomic E-state index is 4.59.